The van der Waals surface area contributed by atoms with Gasteiger partial charge in [0.25, 0.3) is 0 Å². The van der Waals surface area contributed by atoms with Gasteiger partial charge < -0.3 is 15.2 Å². The minimum absolute atomic E-state index is 0.00384. The van der Waals surface area contributed by atoms with Crippen molar-refractivity contribution in [1.29, 1.82) is 0 Å². The van der Waals surface area contributed by atoms with E-state index in [0.717, 1.165) is 5.56 Å². The fraction of sp³-hybridized carbons (Fsp3) is 0.417. The molecule has 0 aliphatic rings. The van der Waals surface area contributed by atoms with Crippen molar-refractivity contribution in [2.75, 3.05) is 14.2 Å². The highest BCUT2D eigenvalue weighted by Gasteiger charge is 2.30. The largest absolute Gasteiger partial charge is 0.496 e. The van der Waals surface area contributed by atoms with Gasteiger partial charge in [-0.05, 0) is 20.0 Å². The minimum Gasteiger partial charge on any atom is -0.496 e. The zero-order chi connectivity index (χ0) is 12.2. The molecule has 0 heterocycles. The van der Waals surface area contributed by atoms with E-state index >= 15 is 0 Å². The van der Waals surface area contributed by atoms with Crippen molar-refractivity contribution in [1.82, 2.24) is 5.32 Å². The molecule has 0 fully saturated rings. The second-order valence-corrected chi connectivity index (χ2v) is 3.85. The van der Waals surface area contributed by atoms with Gasteiger partial charge >= 0.3 is 5.97 Å². The van der Waals surface area contributed by atoms with E-state index in [1.807, 2.05) is 31.2 Å². The molecule has 0 aromatic heterocycles. The number of rotatable bonds is 5. The Hall–Kier alpha value is -1.55. The van der Waals surface area contributed by atoms with Crippen molar-refractivity contribution in [3.05, 3.63) is 29.8 Å². The number of ether oxygens (including phenoxy) is 1. The molecule has 0 radical (unpaired) electrons. The Labute approximate surface area is 95.2 Å². The van der Waals surface area contributed by atoms with Gasteiger partial charge in [0, 0.05) is 5.56 Å². The third-order valence-corrected chi connectivity index (χ3v) is 2.76. The zero-order valence-corrected chi connectivity index (χ0v) is 9.78. The summed E-state index contributed by atoms with van der Waals surface area (Å²) >= 11 is 0. The van der Waals surface area contributed by atoms with Crippen LogP contribution in [0.4, 0.5) is 0 Å². The molecular weight excluding hydrogens is 206 g/mol. The van der Waals surface area contributed by atoms with Gasteiger partial charge in [-0.15, -0.1) is 0 Å². The second kappa shape index (κ2) is 4.99. The van der Waals surface area contributed by atoms with Crippen molar-refractivity contribution in [3.8, 4) is 5.75 Å². The standard InChI is InChI=1S/C12H17NO3/c1-12(13-2,8-11(14)15)9-6-4-5-7-10(9)16-3/h4-7,13H,8H2,1-3H3,(H,14,15). The SMILES string of the molecule is CNC(C)(CC(=O)O)c1ccccc1OC. The molecule has 0 bridgehead atoms. The predicted molar refractivity (Wildman–Crippen MR) is 61.7 cm³/mol. The molecule has 1 rings (SSSR count). The van der Waals surface area contributed by atoms with E-state index in [1.54, 1.807) is 14.2 Å². The average Bonchev–Trinajstić information content (AvgIpc) is 2.28. The number of benzene rings is 1. The molecule has 4 nitrogen and oxygen atoms in total. The fourth-order valence-corrected chi connectivity index (χ4v) is 1.72. The van der Waals surface area contributed by atoms with Crippen LogP contribution >= 0.6 is 0 Å². The monoisotopic (exact) mass is 223 g/mol. The lowest BCUT2D eigenvalue weighted by molar-refractivity contribution is -0.138. The lowest BCUT2D eigenvalue weighted by Crippen LogP contribution is -2.39. The van der Waals surface area contributed by atoms with Gasteiger partial charge in [-0.25, -0.2) is 0 Å². The van der Waals surface area contributed by atoms with E-state index in [4.69, 9.17) is 9.84 Å². The lowest BCUT2D eigenvalue weighted by atomic mass is 9.88. The average molecular weight is 223 g/mol. The summed E-state index contributed by atoms with van der Waals surface area (Å²) in [6.07, 6.45) is 0.00384. The summed E-state index contributed by atoms with van der Waals surface area (Å²) in [5, 5.41) is 12.0. The van der Waals surface area contributed by atoms with E-state index in [-0.39, 0.29) is 6.42 Å². The highest BCUT2D eigenvalue weighted by molar-refractivity contribution is 5.69. The molecule has 1 aromatic rings. The maximum Gasteiger partial charge on any atom is 0.305 e. The maximum absolute atomic E-state index is 10.9. The Kier molecular flexibility index (Phi) is 3.90. The molecule has 1 aromatic carbocycles. The molecule has 0 saturated carbocycles. The van der Waals surface area contributed by atoms with Crippen molar-refractivity contribution in [2.24, 2.45) is 0 Å². The number of hydrogen-bond acceptors (Lipinski definition) is 3. The summed E-state index contributed by atoms with van der Waals surface area (Å²) in [6, 6.07) is 7.43. The van der Waals surface area contributed by atoms with Gasteiger partial charge in [-0.1, -0.05) is 18.2 Å². The Morgan fingerprint density at radius 1 is 1.50 bits per heavy atom. The molecule has 2 N–H and O–H groups in total. The van der Waals surface area contributed by atoms with Crippen LogP contribution in [-0.2, 0) is 10.3 Å². The number of carboxylic acids is 1. The highest BCUT2D eigenvalue weighted by Crippen LogP contribution is 2.31. The number of hydrogen-bond donors (Lipinski definition) is 2. The fourth-order valence-electron chi connectivity index (χ4n) is 1.72. The Balaban J connectivity index is 3.16. The Bertz CT molecular complexity index is 378. The first kappa shape index (κ1) is 12.5. The number of aliphatic carboxylic acids is 1. The Morgan fingerprint density at radius 3 is 2.62 bits per heavy atom. The van der Waals surface area contributed by atoms with Crippen molar-refractivity contribution < 1.29 is 14.6 Å². The van der Waals surface area contributed by atoms with E-state index < -0.39 is 11.5 Å². The first-order valence-electron chi connectivity index (χ1n) is 5.07. The summed E-state index contributed by atoms with van der Waals surface area (Å²) < 4.78 is 5.24. The molecule has 0 spiro atoms. The van der Waals surface area contributed by atoms with Crippen LogP contribution in [0.1, 0.15) is 18.9 Å². The first-order chi connectivity index (χ1) is 7.53. The van der Waals surface area contributed by atoms with Gasteiger partial charge in [0.05, 0.1) is 19.1 Å². The number of carbonyl (C=O) groups is 1. The minimum atomic E-state index is -0.845. The van der Waals surface area contributed by atoms with E-state index in [0.29, 0.717) is 5.75 Å². The van der Waals surface area contributed by atoms with Crippen LogP contribution in [0.5, 0.6) is 5.75 Å². The van der Waals surface area contributed by atoms with Crippen LogP contribution in [0.15, 0.2) is 24.3 Å². The van der Waals surface area contributed by atoms with Crippen molar-refractivity contribution >= 4 is 5.97 Å². The highest BCUT2D eigenvalue weighted by atomic mass is 16.5. The van der Waals surface area contributed by atoms with Gasteiger partial charge in [-0.3, -0.25) is 4.79 Å². The molecule has 4 heteroatoms. The smallest absolute Gasteiger partial charge is 0.305 e. The van der Waals surface area contributed by atoms with Crippen molar-refractivity contribution in [3.63, 3.8) is 0 Å². The van der Waals surface area contributed by atoms with Gasteiger partial charge in [0.2, 0.25) is 0 Å². The van der Waals surface area contributed by atoms with Crippen LogP contribution in [-0.4, -0.2) is 25.2 Å². The molecule has 88 valence electrons. The van der Waals surface area contributed by atoms with Crippen LogP contribution in [0.25, 0.3) is 0 Å². The quantitative estimate of drug-likeness (QED) is 0.796. The second-order valence-electron chi connectivity index (χ2n) is 3.85. The first-order valence-corrected chi connectivity index (χ1v) is 5.07. The maximum atomic E-state index is 10.9. The molecule has 0 aliphatic carbocycles. The summed E-state index contributed by atoms with van der Waals surface area (Å²) in [4.78, 5) is 10.9. The van der Waals surface area contributed by atoms with Gasteiger partial charge in [0.15, 0.2) is 0 Å². The molecular formula is C12H17NO3. The lowest BCUT2D eigenvalue weighted by Gasteiger charge is -2.29. The van der Waals surface area contributed by atoms with E-state index in [2.05, 4.69) is 5.32 Å². The summed E-state index contributed by atoms with van der Waals surface area (Å²) in [5.41, 5.74) is 0.223. The third-order valence-electron chi connectivity index (χ3n) is 2.76. The molecule has 0 amide bonds. The van der Waals surface area contributed by atoms with Crippen LogP contribution in [0.3, 0.4) is 0 Å². The Morgan fingerprint density at radius 2 is 2.12 bits per heavy atom. The third kappa shape index (κ3) is 2.52. The molecule has 16 heavy (non-hydrogen) atoms. The topological polar surface area (TPSA) is 58.6 Å². The molecule has 0 saturated heterocycles. The molecule has 0 aliphatic heterocycles. The van der Waals surface area contributed by atoms with Gasteiger partial charge in [0.1, 0.15) is 5.75 Å². The molecule has 1 unspecified atom stereocenters. The zero-order valence-electron chi connectivity index (χ0n) is 9.78. The van der Waals surface area contributed by atoms with Gasteiger partial charge in [-0.2, -0.15) is 0 Å². The summed E-state index contributed by atoms with van der Waals surface area (Å²) in [5.74, 6) is -0.150. The van der Waals surface area contributed by atoms with E-state index in [1.165, 1.54) is 0 Å². The summed E-state index contributed by atoms with van der Waals surface area (Å²) in [7, 11) is 3.32. The normalized spacial score (nSPS) is 14.2. The number of para-hydroxylation sites is 1. The van der Waals surface area contributed by atoms with Crippen molar-refractivity contribution in [2.45, 2.75) is 18.9 Å². The number of nitrogens with one attached hydrogen (secondary N) is 1. The summed E-state index contributed by atoms with van der Waals surface area (Å²) in [6.45, 7) is 1.85. The number of methoxy groups -OCH3 is 1. The molecule has 1 atom stereocenters. The van der Waals surface area contributed by atoms with Crippen LogP contribution in [0, 0.1) is 0 Å². The predicted octanol–water partition coefficient (Wildman–Crippen LogP) is 1.60. The van der Waals surface area contributed by atoms with E-state index in [9.17, 15) is 4.79 Å². The van der Waals surface area contributed by atoms with Crippen LogP contribution in [0.2, 0.25) is 0 Å². The van der Waals surface area contributed by atoms with Crippen LogP contribution < -0.4 is 10.1 Å². The number of carboxylic acid groups (broad SMARTS) is 1.